The molecule has 2 N–H and O–H groups in total. The molecule has 20 heavy (non-hydrogen) atoms. The quantitative estimate of drug-likeness (QED) is 0.810. The second kappa shape index (κ2) is 4.63. The first-order chi connectivity index (χ1) is 9.58. The van der Waals surface area contributed by atoms with Gasteiger partial charge in [0.2, 0.25) is 0 Å². The molecular formula is C16H15FN2O. The summed E-state index contributed by atoms with van der Waals surface area (Å²) in [6.07, 6.45) is 0.825. The molecule has 2 aromatic rings. The SMILES string of the molecule is Cc1c(N)cc(C(=O)N2CCc3ccccc32)cc1F. The summed E-state index contributed by atoms with van der Waals surface area (Å²) in [6.45, 7) is 2.22. The van der Waals surface area contributed by atoms with Gasteiger partial charge in [0.05, 0.1) is 0 Å². The third-order valence-electron chi connectivity index (χ3n) is 3.76. The van der Waals surface area contributed by atoms with Crippen molar-refractivity contribution >= 4 is 17.3 Å². The smallest absolute Gasteiger partial charge is 0.258 e. The van der Waals surface area contributed by atoms with Gasteiger partial charge in [0.25, 0.3) is 5.91 Å². The van der Waals surface area contributed by atoms with Crippen LogP contribution in [0.25, 0.3) is 0 Å². The molecule has 0 spiro atoms. The summed E-state index contributed by atoms with van der Waals surface area (Å²) in [7, 11) is 0. The molecule has 0 bridgehead atoms. The molecule has 0 aliphatic carbocycles. The van der Waals surface area contributed by atoms with Crippen molar-refractivity contribution < 1.29 is 9.18 Å². The van der Waals surface area contributed by atoms with E-state index in [0.29, 0.717) is 23.4 Å². The Morgan fingerprint density at radius 1 is 1.30 bits per heavy atom. The Labute approximate surface area is 116 Å². The summed E-state index contributed by atoms with van der Waals surface area (Å²) in [5.41, 5.74) is 8.76. The lowest BCUT2D eigenvalue weighted by molar-refractivity contribution is 0.0989. The van der Waals surface area contributed by atoms with Gasteiger partial charge in [0, 0.05) is 29.0 Å². The van der Waals surface area contributed by atoms with Crippen LogP contribution >= 0.6 is 0 Å². The van der Waals surface area contributed by atoms with Gasteiger partial charge in [-0.2, -0.15) is 0 Å². The fraction of sp³-hybridized carbons (Fsp3) is 0.188. The number of nitrogens with zero attached hydrogens (tertiary/aromatic N) is 1. The fourth-order valence-electron chi connectivity index (χ4n) is 2.53. The number of anilines is 2. The van der Waals surface area contributed by atoms with Crippen LogP contribution in [0.2, 0.25) is 0 Å². The molecule has 0 saturated heterocycles. The van der Waals surface area contributed by atoms with Gasteiger partial charge in [-0.25, -0.2) is 4.39 Å². The predicted octanol–water partition coefficient (Wildman–Crippen LogP) is 2.92. The molecule has 0 atom stereocenters. The van der Waals surface area contributed by atoms with Crippen molar-refractivity contribution in [2.75, 3.05) is 17.2 Å². The van der Waals surface area contributed by atoms with Crippen molar-refractivity contribution in [3.05, 3.63) is 58.9 Å². The van der Waals surface area contributed by atoms with Crippen LogP contribution in [-0.4, -0.2) is 12.5 Å². The number of nitrogen functional groups attached to an aromatic ring is 1. The summed E-state index contributed by atoms with van der Waals surface area (Å²) >= 11 is 0. The summed E-state index contributed by atoms with van der Waals surface area (Å²) in [5, 5.41) is 0. The van der Waals surface area contributed by atoms with Crippen LogP contribution in [0.15, 0.2) is 36.4 Å². The first-order valence-corrected chi connectivity index (χ1v) is 6.53. The lowest BCUT2D eigenvalue weighted by Crippen LogP contribution is -2.29. The van der Waals surface area contributed by atoms with E-state index in [1.807, 2.05) is 24.3 Å². The van der Waals surface area contributed by atoms with Crippen LogP contribution in [0.5, 0.6) is 0 Å². The van der Waals surface area contributed by atoms with Crippen LogP contribution in [0.3, 0.4) is 0 Å². The Kier molecular flexibility index (Phi) is 2.93. The molecule has 3 rings (SSSR count). The molecular weight excluding hydrogens is 255 g/mol. The fourth-order valence-corrected chi connectivity index (χ4v) is 2.53. The van der Waals surface area contributed by atoms with E-state index >= 15 is 0 Å². The van der Waals surface area contributed by atoms with Crippen LogP contribution in [0.4, 0.5) is 15.8 Å². The van der Waals surface area contributed by atoms with Crippen molar-refractivity contribution in [2.24, 2.45) is 0 Å². The molecule has 2 aromatic carbocycles. The molecule has 4 heteroatoms. The molecule has 0 radical (unpaired) electrons. The van der Waals surface area contributed by atoms with E-state index in [1.54, 1.807) is 17.9 Å². The molecule has 1 aliphatic heterocycles. The minimum Gasteiger partial charge on any atom is -0.398 e. The number of benzene rings is 2. The van der Waals surface area contributed by atoms with Crippen LogP contribution in [0, 0.1) is 12.7 Å². The predicted molar refractivity (Wildman–Crippen MR) is 77.4 cm³/mol. The molecule has 102 valence electrons. The Balaban J connectivity index is 1.99. The standard InChI is InChI=1S/C16H15FN2O/c1-10-13(17)8-12(9-14(10)18)16(20)19-7-6-11-4-2-3-5-15(11)19/h2-5,8-9H,6-7,18H2,1H3. The van der Waals surface area contributed by atoms with Crippen LogP contribution in [0.1, 0.15) is 21.5 Å². The average Bonchev–Trinajstić information content (AvgIpc) is 2.87. The Hall–Kier alpha value is -2.36. The summed E-state index contributed by atoms with van der Waals surface area (Å²) in [4.78, 5) is 14.2. The summed E-state index contributed by atoms with van der Waals surface area (Å²) in [5.74, 6) is -0.651. The molecule has 1 amide bonds. The Morgan fingerprint density at radius 2 is 2.05 bits per heavy atom. The van der Waals surface area contributed by atoms with Gasteiger partial charge in [-0.1, -0.05) is 18.2 Å². The minimum atomic E-state index is -0.444. The van der Waals surface area contributed by atoms with E-state index in [1.165, 1.54) is 6.07 Å². The van der Waals surface area contributed by atoms with Crippen molar-refractivity contribution in [1.82, 2.24) is 0 Å². The monoisotopic (exact) mass is 270 g/mol. The summed E-state index contributed by atoms with van der Waals surface area (Å²) in [6, 6.07) is 10.6. The van der Waals surface area contributed by atoms with E-state index in [-0.39, 0.29) is 5.91 Å². The Bertz CT molecular complexity index is 674. The maximum absolute atomic E-state index is 13.7. The lowest BCUT2D eigenvalue weighted by atomic mass is 10.1. The molecule has 1 heterocycles. The molecule has 0 aromatic heterocycles. The van der Waals surface area contributed by atoms with E-state index in [2.05, 4.69) is 0 Å². The van der Waals surface area contributed by atoms with Gasteiger partial charge in [-0.15, -0.1) is 0 Å². The van der Waals surface area contributed by atoms with Crippen molar-refractivity contribution in [1.29, 1.82) is 0 Å². The number of amides is 1. The number of halogens is 1. The highest BCUT2D eigenvalue weighted by Crippen LogP contribution is 2.29. The highest BCUT2D eigenvalue weighted by molar-refractivity contribution is 6.07. The van der Waals surface area contributed by atoms with Crippen molar-refractivity contribution in [3.8, 4) is 0 Å². The minimum absolute atomic E-state index is 0.208. The average molecular weight is 270 g/mol. The van der Waals surface area contributed by atoms with Gasteiger partial charge < -0.3 is 10.6 Å². The zero-order chi connectivity index (χ0) is 14.3. The number of carbonyl (C=O) groups is 1. The highest BCUT2D eigenvalue weighted by Gasteiger charge is 2.25. The van der Waals surface area contributed by atoms with Gasteiger partial charge in [0.15, 0.2) is 0 Å². The third kappa shape index (κ3) is 1.93. The van der Waals surface area contributed by atoms with Gasteiger partial charge >= 0.3 is 0 Å². The number of para-hydroxylation sites is 1. The number of carbonyl (C=O) groups excluding carboxylic acids is 1. The molecule has 0 fully saturated rings. The number of fused-ring (bicyclic) bond motifs is 1. The number of rotatable bonds is 1. The normalized spacial score (nSPS) is 13.4. The number of nitrogens with two attached hydrogens (primary N) is 1. The van der Waals surface area contributed by atoms with Crippen molar-refractivity contribution in [2.45, 2.75) is 13.3 Å². The number of hydrogen-bond acceptors (Lipinski definition) is 2. The third-order valence-corrected chi connectivity index (χ3v) is 3.76. The lowest BCUT2D eigenvalue weighted by Gasteiger charge is -2.18. The number of hydrogen-bond donors (Lipinski definition) is 1. The molecule has 3 nitrogen and oxygen atoms in total. The Morgan fingerprint density at radius 3 is 2.80 bits per heavy atom. The van der Waals surface area contributed by atoms with Crippen molar-refractivity contribution in [3.63, 3.8) is 0 Å². The van der Waals surface area contributed by atoms with Crippen LogP contribution < -0.4 is 10.6 Å². The maximum Gasteiger partial charge on any atom is 0.258 e. The second-order valence-corrected chi connectivity index (χ2v) is 5.01. The van der Waals surface area contributed by atoms with E-state index in [4.69, 9.17) is 5.73 Å². The highest BCUT2D eigenvalue weighted by atomic mass is 19.1. The molecule has 0 saturated carbocycles. The maximum atomic E-state index is 13.7. The topological polar surface area (TPSA) is 46.3 Å². The van der Waals surface area contributed by atoms with E-state index < -0.39 is 5.82 Å². The first-order valence-electron chi connectivity index (χ1n) is 6.53. The zero-order valence-corrected chi connectivity index (χ0v) is 11.2. The van der Waals surface area contributed by atoms with E-state index in [9.17, 15) is 9.18 Å². The molecule has 0 unspecified atom stereocenters. The van der Waals surface area contributed by atoms with Crippen LogP contribution in [-0.2, 0) is 6.42 Å². The first kappa shape index (κ1) is 12.7. The molecule has 1 aliphatic rings. The second-order valence-electron chi connectivity index (χ2n) is 5.01. The van der Waals surface area contributed by atoms with Gasteiger partial charge in [0.1, 0.15) is 5.82 Å². The van der Waals surface area contributed by atoms with E-state index in [0.717, 1.165) is 17.7 Å². The largest absolute Gasteiger partial charge is 0.398 e. The zero-order valence-electron chi connectivity index (χ0n) is 11.2. The summed E-state index contributed by atoms with van der Waals surface area (Å²) < 4.78 is 13.7. The van der Waals surface area contributed by atoms with Gasteiger partial charge in [-0.3, -0.25) is 4.79 Å². The van der Waals surface area contributed by atoms with Gasteiger partial charge in [-0.05, 0) is 37.1 Å².